The first kappa shape index (κ1) is 16.3. The molecule has 0 aliphatic rings. The van der Waals surface area contributed by atoms with Gasteiger partial charge in [-0.2, -0.15) is 0 Å². The number of ether oxygens (including phenoxy) is 1. The number of aromatic nitrogens is 1. The molecule has 116 valence electrons. The van der Waals surface area contributed by atoms with Crippen molar-refractivity contribution in [3.8, 4) is 10.6 Å². The number of esters is 1. The van der Waals surface area contributed by atoms with E-state index >= 15 is 0 Å². The van der Waals surface area contributed by atoms with Crippen molar-refractivity contribution in [1.82, 2.24) is 10.3 Å². The molecule has 3 N–H and O–H groups in total. The van der Waals surface area contributed by atoms with Gasteiger partial charge in [0, 0.05) is 12.1 Å². The first-order valence-electron chi connectivity index (χ1n) is 6.49. The summed E-state index contributed by atoms with van der Waals surface area (Å²) < 4.78 is 5.10. The van der Waals surface area contributed by atoms with Gasteiger partial charge in [-0.1, -0.05) is 29.8 Å². The van der Waals surface area contributed by atoms with Gasteiger partial charge in [-0.25, -0.2) is 14.6 Å². The van der Waals surface area contributed by atoms with Crippen molar-refractivity contribution in [2.24, 2.45) is 5.73 Å². The van der Waals surface area contributed by atoms with Gasteiger partial charge >= 0.3 is 12.0 Å². The molecule has 0 aliphatic heterocycles. The van der Waals surface area contributed by atoms with E-state index in [4.69, 9.17) is 22.1 Å². The highest BCUT2D eigenvalue weighted by Gasteiger charge is 2.14. The van der Waals surface area contributed by atoms with Crippen molar-refractivity contribution in [2.45, 2.75) is 6.42 Å². The first-order chi connectivity index (χ1) is 10.6. The Balaban J connectivity index is 1.90. The molecular formula is C14H14ClN3O3S. The van der Waals surface area contributed by atoms with E-state index < -0.39 is 12.0 Å². The summed E-state index contributed by atoms with van der Waals surface area (Å²) >= 11 is 7.31. The Labute approximate surface area is 136 Å². The van der Waals surface area contributed by atoms with Crippen LogP contribution >= 0.6 is 22.9 Å². The second kappa shape index (κ2) is 7.77. The highest BCUT2D eigenvalue weighted by molar-refractivity contribution is 7.16. The summed E-state index contributed by atoms with van der Waals surface area (Å²) in [6.07, 6.45) is 1.96. The average molecular weight is 340 g/mol. The molecule has 22 heavy (non-hydrogen) atoms. The number of halogens is 1. The number of amides is 2. The van der Waals surface area contributed by atoms with Gasteiger partial charge in [0.2, 0.25) is 0 Å². The molecule has 1 aromatic heterocycles. The monoisotopic (exact) mass is 339 g/mol. The molecule has 0 atom stereocenters. The van der Waals surface area contributed by atoms with Crippen molar-refractivity contribution in [3.05, 3.63) is 40.4 Å². The second-order valence-corrected chi connectivity index (χ2v) is 5.73. The zero-order chi connectivity index (χ0) is 15.9. The zero-order valence-corrected chi connectivity index (χ0v) is 13.1. The van der Waals surface area contributed by atoms with E-state index in [1.54, 1.807) is 6.07 Å². The average Bonchev–Trinajstić information content (AvgIpc) is 2.96. The molecule has 0 fully saturated rings. The van der Waals surface area contributed by atoms with Crippen LogP contribution in [0.3, 0.4) is 0 Å². The lowest BCUT2D eigenvalue weighted by atomic mass is 10.2. The molecule has 0 aliphatic carbocycles. The number of nitrogens with zero attached hydrogens (tertiary/aromatic N) is 1. The molecule has 0 saturated carbocycles. The number of carbonyl (C=O) groups excluding carboxylic acids is 2. The maximum atomic E-state index is 11.9. The molecule has 0 unspecified atom stereocenters. The third-order valence-corrected chi connectivity index (χ3v) is 4.00. The number of nitrogens with two attached hydrogens (primary N) is 1. The molecule has 0 spiro atoms. The topological polar surface area (TPSA) is 94.3 Å². The molecule has 0 radical (unpaired) electrons. The van der Waals surface area contributed by atoms with Crippen LogP contribution in [-0.4, -0.2) is 30.1 Å². The van der Waals surface area contributed by atoms with Crippen LogP contribution in [0.2, 0.25) is 5.02 Å². The predicted molar refractivity (Wildman–Crippen MR) is 85.0 cm³/mol. The van der Waals surface area contributed by atoms with Crippen molar-refractivity contribution in [2.75, 3.05) is 13.2 Å². The first-order valence-corrected chi connectivity index (χ1v) is 7.68. The molecule has 2 aromatic rings. The smallest absolute Gasteiger partial charge is 0.349 e. The fraction of sp³-hybridized carbons (Fsp3) is 0.214. The molecule has 2 amide bonds. The lowest BCUT2D eigenvalue weighted by Crippen LogP contribution is -2.30. The van der Waals surface area contributed by atoms with E-state index in [-0.39, 0.29) is 6.61 Å². The van der Waals surface area contributed by atoms with Crippen LogP contribution in [0.1, 0.15) is 16.1 Å². The summed E-state index contributed by atoms with van der Waals surface area (Å²) in [5.41, 5.74) is 5.70. The van der Waals surface area contributed by atoms with Crippen molar-refractivity contribution in [3.63, 3.8) is 0 Å². The van der Waals surface area contributed by atoms with Crippen LogP contribution < -0.4 is 11.1 Å². The van der Waals surface area contributed by atoms with E-state index in [9.17, 15) is 9.59 Å². The molecule has 0 bridgehead atoms. The summed E-state index contributed by atoms with van der Waals surface area (Å²) in [7, 11) is 0. The summed E-state index contributed by atoms with van der Waals surface area (Å²) in [4.78, 5) is 26.9. The van der Waals surface area contributed by atoms with Crippen LogP contribution in [0.5, 0.6) is 0 Å². The Morgan fingerprint density at radius 2 is 2.14 bits per heavy atom. The molecule has 1 heterocycles. The van der Waals surface area contributed by atoms with Crippen LogP contribution in [0.15, 0.2) is 30.5 Å². The SMILES string of the molecule is NC(=O)NCCCOC(=O)c1cnc(-c2ccccc2Cl)s1. The molecular weight excluding hydrogens is 326 g/mol. The van der Waals surface area contributed by atoms with E-state index in [2.05, 4.69) is 10.3 Å². The Bertz CT molecular complexity index is 675. The highest BCUT2D eigenvalue weighted by Crippen LogP contribution is 2.31. The fourth-order valence-electron chi connectivity index (χ4n) is 1.65. The number of carbonyl (C=O) groups is 2. The van der Waals surface area contributed by atoms with E-state index in [1.807, 2.05) is 18.2 Å². The van der Waals surface area contributed by atoms with Gasteiger partial charge in [-0.05, 0) is 12.5 Å². The van der Waals surface area contributed by atoms with Crippen LogP contribution in [0.4, 0.5) is 4.79 Å². The minimum absolute atomic E-state index is 0.193. The van der Waals surface area contributed by atoms with Gasteiger partial charge in [0.05, 0.1) is 17.8 Å². The molecule has 8 heteroatoms. The number of nitrogens with one attached hydrogen (secondary N) is 1. The Morgan fingerprint density at radius 1 is 1.36 bits per heavy atom. The molecule has 1 aromatic carbocycles. The van der Waals surface area contributed by atoms with Gasteiger partial charge in [-0.15, -0.1) is 11.3 Å². The van der Waals surface area contributed by atoms with Crippen LogP contribution in [0.25, 0.3) is 10.6 Å². The quantitative estimate of drug-likeness (QED) is 0.625. The maximum Gasteiger partial charge on any atom is 0.349 e. The van der Waals surface area contributed by atoms with Crippen molar-refractivity contribution < 1.29 is 14.3 Å². The summed E-state index contributed by atoms with van der Waals surface area (Å²) in [5.74, 6) is -0.449. The summed E-state index contributed by atoms with van der Waals surface area (Å²) in [6, 6.07) is 6.69. The minimum Gasteiger partial charge on any atom is -0.461 e. The molecule has 6 nitrogen and oxygen atoms in total. The van der Waals surface area contributed by atoms with Crippen LogP contribution in [-0.2, 0) is 4.74 Å². The van der Waals surface area contributed by atoms with Crippen molar-refractivity contribution >= 4 is 34.9 Å². The lowest BCUT2D eigenvalue weighted by Gasteiger charge is -2.03. The number of hydrogen-bond acceptors (Lipinski definition) is 5. The highest BCUT2D eigenvalue weighted by atomic mass is 35.5. The lowest BCUT2D eigenvalue weighted by molar-refractivity contribution is 0.0507. The maximum absolute atomic E-state index is 11.9. The molecule has 0 saturated heterocycles. The third-order valence-electron chi connectivity index (χ3n) is 2.66. The third kappa shape index (κ3) is 4.44. The number of thiazole rings is 1. The van der Waals surface area contributed by atoms with E-state index in [0.717, 1.165) is 5.56 Å². The standard InChI is InChI=1S/C14H14ClN3O3S/c15-10-5-2-1-4-9(10)12-18-8-11(22-12)13(19)21-7-3-6-17-14(16)20/h1-2,4-5,8H,3,6-7H2,(H3,16,17,20). The number of benzene rings is 1. The van der Waals surface area contributed by atoms with Gasteiger partial charge in [0.15, 0.2) is 0 Å². The minimum atomic E-state index is -0.599. The molecule has 2 rings (SSSR count). The van der Waals surface area contributed by atoms with Crippen LogP contribution in [0, 0.1) is 0 Å². The summed E-state index contributed by atoms with van der Waals surface area (Å²) in [6.45, 7) is 0.550. The predicted octanol–water partition coefficient (Wildman–Crippen LogP) is 2.68. The number of rotatable bonds is 6. The Kier molecular flexibility index (Phi) is 5.74. The fourth-order valence-corrected chi connectivity index (χ4v) is 2.78. The zero-order valence-electron chi connectivity index (χ0n) is 11.5. The Hall–Kier alpha value is -2.12. The van der Waals surface area contributed by atoms with Gasteiger partial charge < -0.3 is 15.8 Å². The van der Waals surface area contributed by atoms with Gasteiger partial charge in [0.1, 0.15) is 9.88 Å². The summed E-state index contributed by atoms with van der Waals surface area (Å²) in [5, 5.41) is 3.65. The van der Waals surface area contributed by atoms with E-state index in [0.29, 0.717) is 27.9 Å². The second-order valence-electron chi connectivity index (χ2n) is 4.29. The van der Waals surface area contributed by atoms with E-state index in [1.165, 1.54) is 17.5 Å². The van der Waals surface area contributed by atoms with Gasteiger partial charge in [-0.3, -0.25) is 0 Å². The number of primary amides is 1. The normalized spacial score (nSPS) is 10.2. The number of hydrogen-bond donors (Lipinski definition) is 2. The van der Waals surface area contributed by atoms with Gasteiger partial charge in [0.25, 0.3) is 0 Å². The number of urea groups is 1. The van der Waals surface area contributed by atoms with Crippen molar-refractivity contribution in [1.29, 1.82) is 0 Å². The Morgan fingerprint density at radius 3 is 2.86 bits per heavy atom. The largest absolute Gasteiger partial charge is 0.461 e.